The van der Waals surface area contributed by atoms with Gasteiger partial charge in [0, 0.05) is 15.7 Å². The molecule has 0 saturated carbocycles. The minimum absolute atomic E-state index is 0.500. The van der Waals surface area contributed by atoms with E-state index in [1.54, 1.807) is 0 Å². The molecule has 1 aromatic heterocycles. The fourth-order valence-corrected chi connectivity index (χ4v) is 2.23. The summed E-state index contributed by atoms with van der Waals surface area (Å²) < 4.78 is 6.72. The zero-order chi connectivity index (χ0) is 14.7. The molecule has 2 aromatic carbocycles. The summed E-state index contributed by atoms with van der Waals surface area (Å²) in [7, 11) is 0. The van der Waals surface area contributed by atoms with Gasteiger partial charge >= 0.3 is 0 Å². The number of aryl methyl sites for hydroxylation is 1. The van der Waals surface area contributed by atoms with Crippen LogP contribution >= 0.6 is 15.9 Å². The summed E-state index contributed by atoms with van der Waals surface area (Å²) in [5, 5.41) is 11.4. The van der Waals surface area contributed by atoms with Gasteiger partial charge < -0.3 is 9.73 Å². The normalized spacial score (nSPS) is 10.6. The van der Waals surface area contributed by atoms with Crippen LogP contribution in [0.4, 0.5) is 5.69 Å². The molecule has 0 spiro atoms. The van der Waals surface area contributed by atoms with Gasteiger partial charge in [0.1, 0.15) is 0 Å². The van der Waals surface area contributed by atoms with Crippen molar-refractivity contribution < 1.29 is 4.42 Å². The number of nitrogens with one attached hydrogen (secondary N) is 1. The summed E-state index contributed by atoms with van der Waals surface area (Å²) in [5.74, 6) is 1.11. The first-order valence-electron chi connectivity index (χ1n) is 6.59. The molecule has 0 bridgehead atoms. The maximum atomic E-state index is 5.68. The molecule has 0 aliphatic rings. The maximum absolute atomic E-state index is 5.68. The van der Waals surface area contributed by atoms with Gasteiger partial charge in [-0.25, -0.2) is 0 Å². The predicted molar refractivity (Wildman–Crippen MR) is 85.9 cm³/mol. The van der Waals surface area contributed by atoms with E-state index >= 15 is 0 Å². The minimum Gasteiger partial charge on any atom is -0.419 e. The van der Waals surface area contributed by atoms with E-state index in [1.807, 2.05) is 55.5 Å². The second kappa shape index (κ2) is 6.10. The summed E-state index contributed by atoms with van der Waals surface area (Å²) >= 11 is 3.41. The number of hydrogen-bond donors (Lipinski definition) is 1. The van der Waals surface area contributed by atoms with Gasteiger partial charge in [-0.2, -0.15) is 0 Å². The van der Waals surface area contributed by atoms with Crippen molar-refractivity contribution in [2.24, 2.45) is 0 Å². The molecule has 0 aliphatic carbocycles. The Labute approximate surface area is 131 Å². The average molecular weight is 344 g/mol. The molecule has 0 atom stereocenters. The van der Waals surface area contributed by atoms with Crippen molar-refractivity contribution in [2.75, 3.05) is 5.32 Å². The SMILES string of the molecule is Cc1cccc(-c2nnc(CNc3ccc(Br)cc3)o2)c1. The van der Waals surface area contributed by atoms with Crippen LogP contribution in [0, 0.1) is 6.92 Å². The average Bonchev–Trinajstić information content (AvgIpc) is 2.96. The lowest BCUT2D eigenvalue weighted by Gasteiger charge is -2.02. The third kappa shape index (κ3) is 3.49. The maximum Gasteiger partial charge on any atom is 0.247 e. The number of rotatable bonds is 4. The lowest BCUT2D eigenvalue weighted by molar-refractivity contribution is 0.515. The molecule has 3 rings (SSSR count). The fourth-order valence-electron chi connectivity index (χ4n) is 1.97. The second-order valence-corrected chi connectivity index (χ2v) is 5.65. The highest BCUT2D eigenvalue weighted by molar-refractivity contribution is 9.10. The van der Waals surface area contributed by atoms with E-state index < -0.39 is 0 Å². The number of anilines is 1. The van der Waals surface area contributed by atoms with Gasteiger partial charge in [0.2, 0.25) is 11.8 Å². The van der Waals surface area contributed by atoms with Crippen LogP contribution in [0.25, 0.3) is 11.5 Å². The van der Waals surface area contributed by atoms with E-state index in [0.29, 0.717) is 18.3 Å². The van der Waals surface area contributed by atoms with Gasteiger partial charge in [-0.1, -0.05) is 33.6 Å². The Kier molecular flexibility index (Phi) is 4.01. The van der Waals surface area contributed by atoms with E-state index in [2.05, 4.69) is 31.4 Å². The van der Waals surface area contributed by atoms with Crippen molar-refractivity contribution in [1.29, 1.82) is 0 Å². The molecule has 0 aliphatic heterocycles. The number of halogens is 1. The molecule has 0 fully saturated rings. The van der Waals surface area contributed by atoms with Crippen LogP contribution in [-0.4, -0.2) is 10.2 Å². The lowest BCUT2D eigenvalue weighted by atomic mass is 10.1. The summed E-state index contributed by atoms with van der Waals surface area (Å²) in [6.45, 7) is 2.54. The number of benzene rings is 2. The molecule has 0 amide bonds. The zero-order valence-corrected chi connectivity index (χ0v) is 13.1. The largest absolute Gasteiger partial charge is 0.419 e. The quantitative estimate of drug-likeness (QED) is 0.761. The monoisotopic (exact) mass is 343 g/mol. The van der Waals surface area contributed by atoms with Crippen molar-refractivity contribution in [3.05, 3.63) is 64.5 Å². The first-order chi connectivity index (χ1) is 10.2. The Morgan fingerprint density at radius 1 is 1.10 bits per heavy atom. The van der Waals surface area contributed by atoms with Crippen molar-refractivity contribution in [3.63, 3.8) is 0 Å². The van der Waals surface area contributed by atoms with E-state index in [9.17, 15) is 0 Å². The molecule has 0 saturated heterocycles. The summed E-state index contributed by atoms with van der Waals surface area (Å²) in [4.78, 5) is 0. The Morgan fingerprint density at radius 2 is 1.90 bits per heavy atom. The van der Waals surface area contributed by atoms with Crippen LogP contribution in [0.2, 0.25) is 0 Å². The van der Waals surface area contributed by atoms with E-state index in [-0.39, 0.29) is 0 Å². The molecule has 106 valence electrons. The van der Waals surface area contributed by atoms with Crippen molar-refractivity contribution in [3.8, 4) is 11.5 Å². The highest BCUT2D eigenvalue weighted by atomic mass is 79.9. The Morgan fingerprint density at radius 3 is 2.67 bits per heavy atom. The Hall–Kier alpha value is -2.14. The highest BCUT2D eigenvalue weighted by Crippen LogP contribution is 2.19. The van der Waals surface area contributed by atoms with Crippen molar-refractivity contribution in [1.82, 2.24) is 10.2 Å². The van der Waals surface area contributed by atoms with Gasteiger partial charge in [-0.3, -0.25) is 0 Å². The molecule has 21 heavy (non-hydrogen) atoms. The van der Waals surface area contributed by atoms with Gasteiger partial charge in [0.15, 0.2) is 0 Å². The second-order valence-electron chi connectivity index (χ2n) is 4.73. The number of nitrogens with zero attached hydrogens (tertiary/aromatic N) is 2. The summed E-state index contributed by atoms with van der Waals surface area (Å²) in [6, 6.07) is 15.9. The van der Waals surface area contributed by atoms with Crippen LogP contribution < -0.4 is 5.32 Å². The molecule has 1 heterocycles. The third-order valence-electron chi connectivity index (χ3n) is 3.02. The van der Waals surface area contributed by atoms with Gasteiger partial charge in [0.25, 0.3) is 0 Å². The van der Waals surface area contributed by atoms with E-state index in [4.69, 9.17) is 4.42 Å². The third-order valence-corrected chi connectivity index (χ3v) is 3.55. The van der Waals surface area contributed by atoms with Crippen LogP contribution in [0.5, 0.6) is 0 Å². The van der Waals surface area contributed by atoms with Crippen molar-refractivity contribution in [2.45, 2.75) is 13.5 Å². The Bertz CT molecular complexity index is 737. The molecular weight excluding hydrogens is 330 g/mol. The highest BCUT2D eigenvalue weighted by Gasteiger charge is 2.08. The topological polar surface area (TPSA) is 51.0 Å². The number of aromatic nitrogens is 2. The van der Waals surface area contributed by atoms with Crippen LogP contribution in [-0.2, 0) is 6.54 Å². The summed E-state index contributed by atoms with van der Waals surface area (Å²) in [5.41, 5.74) is 3.12. The standard InChI is InChI=1S/C16H14BrN3O/c1-11-3-2-4-12(9-11)16-20-19-15(21-16)10-18-14-7-5-13(17)6-8-14/h2-9,18H,10H2,1H3. The molecule has 4 nitrogen and oxygen atoms in total. The van der Waals surface area contributed by atoms with E-state index in [0.717, 1.165) is 15.7 Å². The predicted octanol–water partition coefficient (Wildman–Crippen LogP) is 4.42. The molecule has 3 aromatic rings. The zero-order valence-electron chi connectivity index (χ0n) is 11.5. The van der Waals surface area contributed by atoms with Gasteiger partial charge in [0.05, 0.1) is 6.54 Å². The van der Waals surface area contributed by atoms with Gasteiger partial charge in [-0.15, -0.1) is 10.2 Å². The molecule has 0 unspecified atom stereocenters. The first kappa shape index (κ1) is 13.8. The van der Waals surface area contributed by atoms with Crippen molar-refractivity contribution >= 4 is 21.6 Å². The van der Waals surface area contributed by atoms with Crippen LogP contribution in [0.3, 0.4) is 0 Å². The molecule has 5 heteroatoms. The Balaban J connectivity index is 1.69. The van der Waals surface area contributed by atoms with Crippen LogP contribution in [0.1, 0.15) is 11.5 Å². The smallest absolute Gasteiger partial charge is 0.247 e. The first-order valence-corrected chi connectivity index (χ1v) is 7.39. The lowest BCUT2D eigenvalue weighted by Crippen LogP contribution is -1.99. The fraction of sp³-hybridized carbons (Fsp3) is 0.125. The molecular formula is C16H14BrN3O. The minimum atomic E-state index is 0.500. The van der Waals surface area contributed by atoms with Crippen LogP contribution in [0.15, 0.2) is 57.4 Å². The molecule has 1 N–H and O–H groups in total. The molecule has 0 radical (unpaired) electrons. The number of hydrogen-bond acceptors (Lipinski definition) is 4. The van der Waals surface area contributed by atoms with E-state index in [1.165, 1.54) is 5.56 Å². The summed E-state index contributed by atoms with van der Waals surface area (Å²) in [6.07, 6.45) is 0. The van der Waals surface area contributed by atoms with Gasteiger partial charge in [-0.05, 0) is 43.3 Å².